The third-order valence-electron chi connectivity index (χ3n) is 2.08. The van der Waals surface area contributed by atoms with Crippen LogP contribution in [0.5, 0.6) is 0 Å². The molecule has 0 atom stereocenters. The number of carbonyl (C=O) groups excluding carboxylic acids is 1. The van der Waals surface area contributed by atoms with Gasteiger partial charge in [-0.15, -0.1) is 11.3 Å². The van der Waals surface area contributed by atoms with Crippen molar-refractivity contribution in [1.29, 1.82) is 0 Å². The Balaban J connectivity index is 2.21. The van der Waals surface area contributed by atoms with Crippen LogP contribution in [0, 0.1) is 0 Å². The van der Waals surface area contributed by atoms with Crippen molar-refractivity contribution < 1.29 is 9.53 Å². The SMILES string of the molecule is CC(C)(C)OC(=O)N(Sc1ccc(Cl)nc1)c1cscn1. The second-order valence-electron chi connectivity index (χ2n) is 5.03. The fourth-order valence-electron chi connectivity index (χ4n) is 1.31. The van der Waals surface area contributed by atoms with E-state index < -0.39 is 11.7 Å². The summed E-state index contributed by atoms with van der Waals surface area (Å²) in [7, 11) is 0. The molecule has 2 heterocycles. The minimum absolute atomic E-state index is 0.400. The van der Waals surface area contributed by atoms with Crippen molar-refractivity contribution in [2.45, 2.75) is 31.3 Å². The average molecular weight is 344 g/mol. The summed E-state index contributed by atoms with van der Waals surface area (Å²) in [6.07, 6.45) is 1.12. The smallest absolute Gasteiger partial charge is 0.426 e. The summed E-state index contributed by atoms with van der Waals surface area (Å²) < 4.78 is 6.80. The quantitative estimate of drug-likeness (QED) is 0.600. The number of halogens is 1. The summed E-state index contributed by atoms with van der Waals surface area (Å²) in [6.45, 7) is 5.45. The largest absolute Gasteiger partial charge is 0.443 e. The summed E-state index contributed by atoms with van der Waals surface area (Å²) in [5, 5.41) is 2.18. The lowest BCUT2D eigenvalue weighted by Gasteiger charge is -2.25. The van der Waals surface area contributed by atoms with Crippen molar-refractivity contribution in [3.05, 3.63) is 34.4 Å². The van der Waals surface area contributed by atoms with Gasteiger partial charge in [-0.2, -0.15) is 4.31 Å². The monoisotopic (exact) mass is 343 g/mol. The zero-order valence-electron chi connectivity index (χ0n) is 11.7. The number of nitrogens with zero attached hydrogens (tertiary/aromatic N) is 3. The summed E-state index contributed by atoms with van der Waals surface area (Å²) in [6, 6.07) is 3.45. The third kappa shape index (κ3) is 4.87. The Labute approximate surface area is 136 Å². The Hall–Kier alpha value is -1.31. The predicted molar refractivity (Wildman–Crippen MR) is 85.9 cm³/mol. The van der Waals surface area contributed by atoms with E-state index in [2.05, 4.69) is 9.97 Å². The number of carbonyl (C=O) groups is 1. The molecule has 2 aromatic rings. The molecular weight excluding hydrogens is 330 g/mol. The van der Waals surface area contributed by atoms with E-state index in [0.717, 1.165) is 4.90 Å². The van der Waals surface area contributed by atoms with E-state index in [9.17, 15) is 4.79 Å². The maximum absolute atomic E-state index is 12.3. The van der Waals surface area contributed by atoms with Crippen LogP contribution < -0.4 is 4.31 Å². The van der Waals surface area contributed by atoms with Crippen molar-refractivity contribution in [2.24, 2.45) is 0 Å². The van der Waals surface area contributed by atoms with Gasteiger partial charge in [0.1, 0.15) is 10.8 Å². The zero-order valence-corrected chi connectivity index (χ0v) is 14.1. The maximum Gasteiger partial charge on any atom is 0.426 e. The first-order chi connectivity index (χ1) is 9.85. The number of ether oxygens (including phenoxy) is 1. The lowest BCUT2D eigenvalue weighted by atomic mass is 10.2. The predicted octanol–water partition coefficient (Wildman–Crippen LogP) is 4.64. The van der Waals surface area contributed by atoms with Gasteiger partial charge in [-0.25, -0.2) is 14.8 Å². The molecule has 0 radical (unpaired) electrons. The van der Waals surface area contributed by atoms with E-state index >= 15 is 0 Å². The summed E-state index contributed by atoms with van der Waals surface area (Å²) in [5.41, 5.74) is 1.08. The minimum Gasteiger partial charge on any atom is -0.443 e. The Kier molecular flexibility index (Phi) is 5.08. The van der Waals surface area contributed by atoms with Crippen LogP contribution in [0.2, 0.25) is 5.15 Å². The number of hydrogen-bond acceptors (Lipinski definition) is 6. The van der Waals surface area contributed by atoms with E-state index in [-0.39, 0.29) is 0 Å². The van der Waals surface area contributed by atoms with Gasteiger partial charge in [-0.3, -0.25) is 0 Å². The van der Waals surface area contributed by atoms with Crippen LogP contribution in [-0.2, 0) is 4.74 Å². The first-order valence-corrected chi connectivity index (χ1v) is 8.15. The number of pyridine rings is 1. The van der Waals surface area contributed by atoms with Crippen LogP contribution in [0.25, 0.3) is 0 Å². The van der Waals surface area contributed by atoms with Gasteiger partial charge < -0.3 is 4.74 Å². The molecule has 0 unspecified atom stereocenters. The number of aromatic nitrogens is 2. The van der Waals surface area contributed by atoms with E-state index in [1.165, 1.54) is 27.6 Å². The van der Waals surface area contributed by atoms with Gasteiger partial charge in [0, 0.05) is 28.4 Å². The number of rotatable bonds is 3. The molecule has 0 aliphatic heterocycles. The van der Waals surface area contributed by atoms with E-state index in [1.807, 2.05) is 20.8 Å². The van der Waals surface area contributed by atoms with Crippen LogP contribution in [0.15, 0.2) is 34.1 Å². The number of amides is 1. The fraction of sp³-hybridized carbons (Fsp3) is 0.308. The molecular formula is C13H14ClN3O2S2. The van der Waals surface area contributed by atoms with Gasteiger partial charge in [0.25, 0.3) is 0 Å². The van der Waals surface area contributed by atoms with Gasteiger partial charge in [0.2, 0.25) is 0 Å². The molecule has 8 heteroatoms. The van der Waals surface area contributed by atoms with E-state index in [4.69, 9.17) is 16.3 Å². The number of hydrogen-bond donors (Lipinski definition) is 0. The molecule has 0 saturated carbocycles. The van der Waals surface area contributed by atoms with Gasteiger partial charge in [-0.1, -0.05) is 11.6 Å². The van der Waals surface area contributed by atoms with Crippen LogP contribution in [-0.4, -0.2) is 21.7 Å². The molecule has 0 bridgehead atoms. The number of thiazole rings is 1. The van der Waals surface area contributed by atoms with Crippen LogP contribution in [0.1, 0.15) is 20.8 Å². The Morgan fingerprint density at radius 2 is 2.14 bits per heavy atom. The number of anilines is 1. The highest BCUT2D eigenvalue weighted by Gasteiger charge is 2.26. The molecule has 21 heavy (non-hydrogen) atoms. The van der Waals surface area contributed by atoms with E-state index in [1.54, 1.807) is 29.2 Å². The third-order valence-corrected chi connectivity index (χ3v) is 3.85. The molecule has 5 nitrogen and oxygen atoms in total. The standard InChI is InChI=1S/C13H14ClN3O2S2/c1-13(2,3)19-12(18)17(11-7-20-8-16-11)21-9-4-5-10(14)15-6-9/h4-8H,1-3H3. The normalized spacial score (nSPS) is 11.2. The Bertz CT molecular complexity index is 597. The molecule has 112 valence electrons. The van der Waals surface area contributed by atoms with Gasteiger partial charge in [0.15, 0.2) is 5.82 Å². The highest BCUT2D eigenvalue weighted by Crippen LogP contribution is 2.30. The summed E-state index contributed by atoms with van der Waals surface area (Å²) in [4.78, 5) is 21.2. The maximum atomic E-state index is 12.3. The molecule has 2 aromatic heterocycles. The molecule has 0 spiro atoms. The van der Waals surface area contributed by atoms with Crippen molar-refractivity contribution in [3.63, 3.8) is 0 Å². The lowest BCUT2D eigenvalue weighted by molar-refractivity contribution is 0.0611. The van der Waals surface area contributed by atoms with Crippen LogP contribution >= 0.6 is 34.9 Å². The van der Waals surface area contributed by atoms with Gasteiger partial charge >= 0.3 is 6.09 Å². The second-order valence-corrected chi connectivity index (χ2v) is 7.15. The van der Waals surface area contributed by atoms with Gasteiger partial charge in [0.05, 0.1) is 5.51 Å². The average Bonchev–Trinajstić information content (AvgIpc) is 2.89. The van der Waals surface area contributed by atoms with Crippen molar-refractivity contribution in [1.82, 2.24) is 9.97 Å². The van der Waals surface area contributed by atoms with Gasteiger partial charge in [-0.05, 0) is 32.9 Å². The van der Waals surface area contributed by atoms with Crippen LogP contribution in [0.4, 0.5) is 10.6 Å². The summed E-state index contributed by atoms with van der Waals surface area (Å²) >= 11 is 8.35. The van der Waals surface area contributed by atoms with Crippen LogP contribution in [0.3, 0.4) is 0 Å². The molecule has 0 N–H and O–H groups in total. The van der Waals surface area contributed by atoms with Crippen molar-refractivity contribution in [3.8, 4) is 0 Å². The topological polar surface area (TPSA) is 55.3 Å². The highest BCUT2D eigenvalue weighted by molar-refractivity contribution is 8.01. The Morgan fingerprint density at radius 1 is 1.38 bits per heavy atom. The lowest BCUT2D eigenvalue weighted by Crippen LogP contribution is -2.32. The molecule has 0 aliphatic rings. The summed E-state index contributed by atoms with van der Waals surface area (Å²) in [5.74, 6) is 0.522. The van der Waals surface area contributed by atoms with E-state index in [0.29, 0.717) is 11.0 Å². The first kappa shape index (κ1) is 16.1. The molecule has 0 fully saturated rings. The molecule has 0 aromatic carbocycles. The fourth-order valence-corrected chi connectivity index (χ4v) is 2.75. The Morgan fingerprint density at radius 3 is 2.67 bits per heavy atom. The second kappa shape index (κ2) is 6.64. The first-order valence-electron chi connectivity index (χ1n) is 6.06. The molecule has 0 saturated heterocycles. The molecule has 1 amide bonds. The van der Waals surface area contributed by atoms with Crippen molar-refractivity contribution in [2.75, 3.05) is 4.31 Å². The van der Waals surface area contributed by atoms with Crippen molar-refractivity contribution >= 4 is 46.8 Å². The highest BCUT2D eigenvalue weighted by atomic mass is 35.5. The minimum atomic E-state index is -0.579. The molecule has 0 aliphatic carbocycles. The zero-order chi connectivity index (χ0) is 15.5. The molecule has 2 rings (SSSR count).